The molecule has 0 amide bonds. The minimum atomic E-state index is 0.619. The molecule has 0 N–H and O–H groups in total. The van der Waals surface area contributed by atoms with Crippen molar-refractivity contribution in [1.29, 1.82) is 0 Å². The topological polar surface area (TPSA) is 36.3 Å². The molecule has 1 aromatic heterocycles. The molecule has 0 aliphatic heterocycles. The van der Waals surface area contributed by atoms with Gasteiger partial charge in [0.25, 0.3) is 0 Å². The zero-order valence-corrected chi connectivity index (χ0v) is 14.1. The molecule has 1 heterocycles. The molecule has 3 aromatic rings. The first-order valence-electron chi connectivity index (χ1n) is 8.16. The normalized spacial score (nSPS) is 11.2. The molecule has 0 saturated carbocycles. The Balaban J connectivity index is 1.58. The minimum absolute atomic E-state index is 0.619. The number of hydrogen-bond donors (Lipinski definition) is 0. The number of rotatable bonds is 7. The third kappa shape index (κ3) is 3.59. The third-order valence-electron chi connectivity index (χ3n) is 3.87. The molecule has 3 rings (SSSR count). The van der Waals surface area contributed by atoms with E-state index in [0.29, 0.717) is 6.61 Å². The second kappa shape index (κ2) is 7.68. The van der Waals surface area contributed by atoms with E-state index in [1.165, 1.54) is 5.39 Å². The molecule has 0 atom stereocenters. The van der Waals surface area contributed by atoms with Crippen molar-refractivity contribution in [3.63, 3.8) is 0 Å². The summed E-state index contributed by atoms with van der Waals surface area (Å²) in [6.07, 6.45) is 6.82. The minimum Gasteiger partial charge on any atom is -0.493 e. The van der Waals surface area contributed by atoms with Crippen LogP contribution in [-0.2, 0) is 6.54 Å². The largest absolute Gasteiger partial charge is 0.493 e. The predicted molar refractivity (Wildman–Crippen MR) is 97.5 cm³/mol. The van der Waals surface area contributed by atoms with Crippen LogP contribution in [0, 0.1) is 0 Å². The molecule has 4 nitrogen and oxygen atoms in total. The summed E-state index contributed by atoms with van der Waals surface area (Å²) in [5, 5.41) is 5.60. The zero-order valence-electron chi connectivity index (χ0n) is 14.1. The predicted octanol–water partition coefficient (Wildman–Crippen LogP) is 4.55. The lowest BCUT2D eigenvalue weighted by Crippen LogP contribution is -2.06. The molecule has 4 heteroatoms. The molecule has 0 aliphatic rings. The van der Waals surface area contributed by atoms with Gasteiger partial charge in [-0.1, -0.05) is 36.4 Å². The molecule has 0 radical (unpaired) electrons. The first kappa shape index (κ1) is 16.1. The number of allylic oxidation sites excluding steroid dienone is 1. The van der Waals surface area contributed by atoms with Crippen LogP contribution in [0.2, 0.25) is 0 Å². The molecule has 2 aromatic carbocycles. The van der Waals surface area contributed by atoms with Crippen LogP contribution in [0.5, 0.6) is 11.5 Å². The van der Waals surface area contributed by atoms with Crippen molar-refractivity contribution in [3.05, 3.63) is 60.3 Å². The van der Waals surface area contributed by atoms with Crippen LogP contribution in [0.4, 0.5) is 0 Å². The Morgan fingerprint density at radius 3 is 2.83 bits per heavy atom. The third-order valence-corrected chi connectivity index (χ3v) is 3.87. The van der Waals surface area contributed by atoms with Crippen LogP contribution in [0.3, 0.4) is 0 Å². The molecular weight excluding hydrogens is 300 g/mol. The van der Waals surface area contributed by atoms with Gasteiger partial charge in [0, 0.05) is 18.4 Å². The second-order valence-corrected chi connectivity index (χ2v) is 5.54. The van der Waals surface area contributed by atoms with E-state index >= 15 is 0 Å². The van der Waals surface area contributed by atoms with E-state index < -0.39 is 0 Å². The number of methoxy groups -OCH3 is 1. The summed E-state index contributed by atoms with van der Waals surface area (Å²) in [7, 11) is 1.66. The molecule has 0 aliphatic carbocycles. The maximum absolute atomic E-state index is 5.88. The molecule has 0 bridgehead atoms. The van der Waals surface area contributed by atoms with E-state index in [1.807, 2.05) is 60.3 Å². The number of ether oxygens (including phenoxy) is 2. The highest BCUT2D eigenvalue weighted by molar-refractivity contribution is 5.78. The van der Waals surface area contributed by atoms with Gasteiger partial charge < -0.3 is 9.47 Å². The smallest absolute Gasteiger partial charge is 0.161 e. The Bertz CT molecular complexity index is 837. The van der Waals surface area contributed by atoms with E-state index in [9.17, 15) is 0 Å². The van der Waals surface area contributed by atoms with Crippen LogP contribution >= 0.6 is 0 Å². The molecule has 0 spiro atoms. The van der Waals surface area contributed by atoms with E-state index in [2.05, 4.69) is 17.2 Å². The van der Waals surface area contributed by atoms with E-state index in [4.69, 9.17) is 9.47 Å². The number of hydrogen-bond acceptors (Lipinski definition) is 3. The quantitative estimate of drug-likeness (QED) is 0.599. The number of fused-ring (bicyclic) bond motifs is 1. The number of nitrogens with zero attached hydrogens (tertiary/aromatic N) is 2. The molecule has 0 fully saturated rings. The highest BCUT2D eigenvalue weighted by Gasteiger charge is 2.05. The van der Waals surface area contributed by atoms with Gasteiger partial charge in [0.2, 0.25) is 0 Å². The summed E-state index contributed by atoms with van der Waals surface area (Å²) in [4.78, 5) is 0. The lowest BCUT2D eigenvalue weighted by Gasteiger charge is -2.11. The number of aryl methyl sites for hydroxylation is 1. The van der Waals surface area contributed by atoms with Crippen molar-refractivity contribution in [3.8, 4) is 11.5 Å². The number of benzene rings is 2. The van der Waals surface area contributed by atoms with Gasteiger partial charge in [0.1, 0.15) is 0 Å². The van der Waals surface area contributed by atoms with Gasteiger partial charge in [-0.05, 0) is 30.7 Å². The van der Waals surface area contributed by atoms with E-state index in [-0.39, 0.29) is 0 Å². The van der Waals surface area contributed by atoms with Crippen LogP contribution in [0.25, 0.3) is 17.0 Å². The molecule has 0 unspecified atom stereocenters. The summed E-state index contributed by atoms with van der Waals surface area (Å²) < 4.78 is 13.3. The van der Waals surface area contributed by atoms with Crippen LogP contribution in [-0.4, -0.2) is 23.5 Å². The molecular formula is C20H22N2O2. The summed E-state index contributed by atoms with van der Waals surface area (Å²) in [6.45, 7) is 3.44. The Labute approximate surface area is 142 Å². The Kier molecular flexibility index (Phi) is 5.16. The van der Waals surface area contributed by atoms with Crippen molar-refractivity contribution in [2.45, 2.75) is 19.9 Å². The fourth-order valence-electron chi connectivity index (χ4n) is 2.70. The standard InChI is InChI=1S/C20H22N2O2/c1-3-7-16-10-11-19(20(14-16)23-2)24-13-6-12-22-18-9-5-4-8-17(18)15-21-22/h3-5,7-11,14-15H,6,12-13H2,1-2H3/b7-3+. The van der Waals surface area contributed by atoms with Crippen molar-refractivity contribution < 1.29 is 9.47 Å². The molecule has 124 valence electrons. The van der Waals surface area contributed by atoms with Gasteiger partial charge in [-0.15, -0.1) is 0 Å². The second-order valence-electron chi connectivity index (χ2n) is 5.54. The van der Waals surface area contributed by atoms with E-state index in [1.54, 1.807) is 7.11 Å². The van der Waals surface area contributed by atoms with Crippen molar-refractivity contribution in [2.75, 3.05) is 13.7 Å². The van der Waals surface area contributed by atoms with Gasteiger partial charge in [-0.3, -0.25) is 4.68 Å². The lowest BCUT2D eigenvalue weighted by molar-refractivity contribution is 0.281. The van der Waals surface area contributed by atoms with Gasteiger partial charge in [-0.2, -0.15) is 5.10 Å². The average Bonchev–Trinajstić information content (AvgIpc) is 3.03. The van der Waals surface area contributed by atoms with Crippen molar-refractivity contribution in [2.24, 2.45) is 0 Å². The first-order valence-corrected chi connectivity index (χ1v) is 8.16. The monoisotopic (exact) mass is 322 g/mol. The van der Waals surface area contributed by atoms with Gasteiger partial charge >= 0.3 is 0 Å². The molecule has 24 heavy (non-hydrogen) atoms. The first-order chi connectivity index (χ1) is 11.8. The van der Waals surface area contributed by atoms with Gasteiger partial charge in [0.15, 0.2) is 11.5 Å². The van der Waals surface area contributed by atoms with E-state index in [0.717, 1.165) is 35.5 Å². The Morgan fingerprint density at radius 2 is 2.00 bits per heavy atom. The Hall–Kier alpha value is -2.75. The maximum atomic E-state index is 5.88. The van der Waals surface area contributed by atoms with Crippen molar-refractivity contribution in [1.82, 2.24) is 9.78 Å². The fourth-order valence-corrected chi connectivity index (χ4v) is 2.70. The SMILES string of the molecule is C/C=C/c1ccc(OCCCn2ncc3ccccc32)c(OC)c1. The van der Waals surface area contributed by atoms with Gasteiger partial charge in [0.05, 0.1) is 25.4 Å². The van der Waals surface area contributed by atoms with Crippen molar-refractivity contribution >= 4 is 17.0 Å². The van der Waals surface area contributed by atoms with Crippen LogP contribution < -0.4 is 9.47 Å². The summed E-state index contributed by atoms with van der Waals surface area (Å²) in [6, 6.07) is 14.2. The van der Waals surface area contributed by atoms with Crippen LogP contribution in [0.15, 0.2) is 54.7 Å². The fraction of sp³-hybridized carbons (Fsp3) is 0.250. The average molecular weight is 322 g/mol. The number of para-hydroxylation sites is 1. The maximum Gasteiger partial charge on any atom is 0.161 e. The highest BCUT2D eigenvalue weighted by atomic mass is 16.5. The highest BCUT2D eigenvalue weighted by Crippen LogP contribution is 2.28. The van der Waals surface area contributed by atoms with Crippen LogP contribution in [0.1, 0.15) is 18.9 Å². The summed E-state index contributed by atoms with van der Waals surface area (Å²) in [5.41, 5.74) is 2.26. The lowest BCUT2D eigenvalue weighted by atomic mass is 10.2. The summed E-state index contributed by atoms with van der Waals surface area (Å²) in [5.74, 6) is 1.53. The Morgan fingerprint density at radius 1 is 1.12 bits per heavy atom. The summed E-state index contributed by atoms with van der Waals surface area (Å²) >= 11 is 0. The van der Waals surface area contributed by atoms with Gasteiger partial charge in [-0.25, -0.2) is 0 Å². The number of aromatic nitrogens is 2. The zero-order chi connectivity index (χ0) is 16.8. The molecule has 0 saturated heterocycles.